The van der Waals surface area contributed by atoms with E-state index in [9.17, 15) is 8.78 Å². The number of nitrogens with zero attached hydrogens (tertiary/aromatic N) is 1. The van der Waals surface area contributed by atoms with Crippen LogP contribution in [0.4, 0.5) is 8.78 Å². The first-order valence-corrected chi connectivity index (χ1v) is 3.22. The second kappa shape index (κ2) is 2.95. The van der Waals surface area contributed by atoms with Gasteiger partial charge in [0.1, 0.15) is 11.6 Å². The van der Waals surface area contributed by atoms with E-state index in [0.29, 0.717) is 6.07 Å². The largest absolute Gasteiger partial charge is 0.504 e. The Morgan fingerprint density at radius 1 is 1.50 bits per heavy atom. The van der Waals surface area contributed by atoms with Crippen LogP contribution in [0.3, 0.4) is 0 Å². The van der Waals surface area contributed by atoms with Gasteiger partial charge in [-0.25, -0.2) is 8.78 Å². The number of hydrogen-bond donors (Lipinski definition) is 1. The molecule has 0 spiro atoms. The Balaban J connectivity index is 3.56. The van der Waals surface area contributed by atoms with Crippen molar-refractivity contribution < 1.29 is 13.9 Å². The van der Waals surface area contributed by atoms with Crippen molar-refractivity contribution >= 4 is 11.6 Å². The third-order valence-electron chi connectivity index (χ3n) is 1.26. The maximum absolute atomic E-state index is 12.8. The minimum Gasteiger partial charge on any atom is -0.504 e. The van der Waals surface area contributed by atoms with E-state index >= 15 is 0 Å². The molecule has 2 nitrogen and oxygen atoms in total. The fourth-order valence-electron chi connectivity index (χ4n) is 0.688. The number of benzene rings is 1. The van der Waals surface area contributed by atoms with Gasteiger partial charge in [-0.05, 0) is 6.07 Å². The highest BCUT2D eigenvalue weighted by Gasteiger charge is 2.16. The molecule has 0 aromatic heterocycles. The van der Waals surface area contributed by atoms with Crippen LogP contribution in [0.1, 0.15) is 5.56 Å². The zero-order valence-electron chi connectivity index (χ0n) is 5.61. The highest BCUT2D eigenvalue weighted by atomic mass is 35.5. The minimum absolute atomic E-state index is 0.526. The van der Waals surface area contributed by atoms with Gasteiger partial charge < -0.3 is 5.11 Å². The lowest BCUT2D eigenvalue weighted by Gasteiger charge is -2.00. The van der Waals surface area contributed by atoms with E-state index in [1.807, 2.05) is 0 Å². The van der Waals surface area contributed by atoms with Gasteiger partial charge in [0, 0.05) is 0 Å². The van der Waals surface area contributed by atoms with E-state index < -0.39 is 28.0 Å². The molecule has 0 aliphatic rings. The van der Waals surface area contributed by atoms with Crippen LogP contribution < -0.4 is 0 Å². The van der Waals surface area contributed by atoms with Crippen molar-refractivity contribution in [1.82, 2.24) is 0 Å². The summed E-state index contributed by atoms with van der Waals surface area (Å²) in [7, 11) is 0. The standard InChI is InChI=1S/C7H2ClF2NO/c8-4-1-5(9)7(12)3(2-11)6(4)10/h1,12H. The maximum atomic E-state index is 12.8. The molecule has 62 valence electrons. The van der Waals surface area contributed by atoms with Crippen LogP contribution in [0.15, 0.2) is 6.07 Å². The van der Waals surface area contributed by atoms with Gasteiger partial charge >= 0.3 is 0 Å². The molecule has 1 rings (SSSR count). The van der Waals surface area contributed by atoms with E-state index in [1.165, 1.54) is 6.07 Å². The van der Waals surface area contributed by atoms with Crippen molar-refractivity contribution in [2.45, 2.75) is 0 Å². The molecule has 12 heavy (non-hydrogen) atoms. The summed E-state index contributed by atoms with van der Waals surface area (Å²) in [6, 6.07) is 1.90. The molecule has 0 aliphatic carbocycles. The first kappa shape index (κ1) is 8.75. The number of phenolic OH excluding ortho intramolecular Hbond substituents is 1. The Morgan fingerprint density at radius 3 is 2.58 bits per heavy atom. The summed E-state index contributed by atoms with van der Waals surface area (Å²) in [5, 5.41) is 16.6. The molecule has 0 fully saturated rings. The molecular formula is C7H2ClF2NO. The van der Waals surface area contributed by atoms with Crippen molar-refractivity contribution in [2.24, 2.45) is 0 Å². The van der Waals surface area contributed by atoms with Crippen molar-refractivity contribution in [3.05, 3.63) is 28.3 Å². The number of halogens is 3. The van der Waals surface area contributed by atoms with Crippen molar-refractivity contribution in [3.63, 3.8) is 0 Å². The van der Waals surface area contributed by atoms with E-state index in [-0.39, 0.29) is 0 Å². The van der Waals surface area contributed by atoms with E-state index in [0.717, 1.165) is 0 Å². The van der Waals surface area contributed by atoms with E-state index in [4.69, 9.17) is 22.0 Å². The fourth-order valence-corrected chi connectivity index (χ4v) is 0.878. The summed E-state index contributed by atoms with van der Waals surface area (Å²) >= 11 is 5.19. The number of nitriles is 1. The number of hydrogen-bond acceptors (Lipinski definition) is 2. The molecule has 1 aromatic rings. The van der Waals surface area contributed by atoms with Crippen LogP contribution in [0.25, 0.3) is 0 Å². The Labute approximate surface area is 71.6 Å². The summed E-state index contributed by atoms with van der Waals surface area (Å²) in [5.41, 5.74) is -0.778. The molecule has 0 saturated heterocycles. The molecule has 0 saturated carbocycles. The highest BCUT2D eigenvalue weighted by molar-refractivity contribution is 6.30. The van der Waals surface area contributed by atoms with E-state index in [1.54, 1.807) is 0 Å². The summed E-state index contributed by atoms with van der Waals surface area (Å²) in [6.45, 7) is 0. The Hall–Kier alpha value is -1.34. The van der Waals surface area contributed by atoms with Crippen molar-refractivity contribution in [3.8, 4) is 11.8 Å². The quantitative estimate of drug-likeness (QED) is 0.636. The highest BCUT2D eigenvalue weighted by Crippen LogP contribution is 2.28. The molecule has 0 bridgehead atoms. The van der Waals surface area contributed by atoms with Crippen molar-refractivity contribution in [1.29, 1.82) is 5.26 Å². The van der Waals surface area contributed by atoms with E-state index in [2.05, 4.69) is 0 Å². The molecule has 1 aromatic carbocycles. The molecule has 0 amide bonds. The Morgan fingerprint density at radius 2 is 2.08 bits per heavy atom. The predicted molar refractivity (Wildman–Crippen MR) is 37.7 cm³/mol. The van der Waals surface area contributed by atoms with Gasteiger partial charge in [-0.2, -0.15) is 5.26 Å². The van der Waals surface area contributed by atoms with Crippen molar-refractivity contribution in [2.75, 3.05) is 0 Å². The van der Waals surface area contributed by atoms with Gasteiger partial charge in [0.2, 0.25) is 0 Å². The summed E-state index contributed by atoms with van der Waals surface area (Å²) in [6.07, 6.45) is 0. The lowest BCUT2D eigenvalue weighted by molar-refractivity contribution is 0.424. The maximum Gasteiger partial charge on any atom is 0.172 e. The predicted octanol–water partition coefficient (Wildman–Crippen LogP) is 2.20. The average Bonchev–Trinajstić information content (AvgIpc) is 2.02. The zero-order valence-corrected chi connectivity index (χ0v) is 6.36. The monoisotopic (exact) mass is 189 g/mol. The van der Waals surface area contributed by atoms with Gasteiger partial charge in [0.15, 0.2) is 17.4 Å². The topological polar surface area (TPSA) is 44.0 Å². The molecule has 0 radical (unpaired) electrons. The van der Waals surface area contributed by atoms with Crippen LogP contribution >= 0.6 is 11.6 Å². The molecule has 0 aliphatic heterocycles. The van der Waals surface area contributed by atoms with Gasteiger partial charge in [-0.3, -0.25) is 0 Å². The SMILES string of the molecule is N#Cc1c(O)c(F)cc(Cl)c1F. The first-order chi connectivity index (χ1) is 5.57. The molecule has 0 unspecified atom stereocenters. The van der Waals surface area contributed by atoms with Crippen LogP contribution in [-0.2, 0) is 0 Å². The molecular weight excluding hydrogens is 188 g/mol. The third kappa shape index (κ3) is 1.19. The molecule has 0 heterocycles. The lowest BCUT2D eigenvalue weighted by Crippen LogP contribution is -1.89. The lowest BCUT2D eigenvalue weighted by atomic mass is 10.2. The van der Waals surface area contributed by atoms with Gasteiger partial charge in [0.05, 0.1) is 5.02 Å². The third-order valence-corrected chi connectivity index (χ3v) is 1.53. The normalized spacial score (nSPS) is 9.50. The number of aromatic hydroxyl groups is 1. The molecule has 0 atom stereocenters. The summed E-state index contributed by atoms with van der Waals surface area (Å²) in [4.78, 5) is 0. The Kier molecular flexibility index (Phi) is 2.15. The number of phenols is 1. The molecule has 1 N–H and O–H groups in total. The van der Waals surface area contributed by atoms with Gasteiger partial charge in [-0.1, -0.05) is 11.6 Å². The smallest absolute Gasteiger partial charge is 0.172 e. The first-order valence-electron chi connectivity index (χ1n) is 2.84. The molecule has 5 heteroatoms. The fraction of sp³-hybridized carbons (Fsp3) is 0. The van der Waals surface area contributed by atoms with Crippen LogP contribution in [0, 0.1) is 23.0 Å². The van der Waals surface area contributed by atoms with Crippen LogP contribution in [0.5, 0.6) is 5.75 Å². The summed E-state index contributed by atoms with van der Waals surface area (Å²) in [5.74, 6) is -3.24. The summed E-state index contributed by atoms with van der Waals surface area (Å²) < 4.78 is 25.3. The van der Waals surface area contributed by atoms with Gasteiger partial charge in [0.25, 0.3) is 0 Å². The average molecular weight is 190 g/mol. The second-order valence-electron chi connectivity index (χ2n) is 1.99. The Bertz CT molecular complexity index is 346. The second-order valence-corrected chi connectivity index (χ2v) is 2.40. The minimum atomic E-state index is -1.11. The van der Waals surface area contributed by atoms with Crippen LogP contribution in [-0.4, -0.2) is 5.11 Å². The number of rotatable bonds is 0. The van der Waals surface area contributed by atoms with Gasteiger partial charge in [-0.15, -0.1) is 0 Å². The zero-order chi connectivity index (χ0) is 9.30. The van der Waals surface area contributed by atoms with Crippen LogP contribution in [0.2, 0.25) is 5.02 Å².